The van der Waals surface area contributed by atoms with Gasteiger partial charge in [0, 0.05) is 24.2 Å². The minimum absolute atomic E-state index is 0.593. The number of guanidine groups is 1. The van der Waals surface area contributed by atoms with Gasteiger partial charge in [0.2, 0.25) is 0 Å². The molecule has 4 aliphatic carbocycles. The average molecular weight is 612 g/mol. The van der Waals surface area contributed by atoms with Crippen LogP contribution in [0.1, 0.15) is 231 Å². The average Bonchev–Trinajstić information content (AvgIpc) is 3.05. The first-order valence-corrected chi connectivity index (χ1v) is 21.0. The van der Waals surface area contributed by atoms with Crippen molar-refractivity contribution < 1.29 is 0 Å². The van der Waals surface area contributed by atoms with Crippen LogP contribution in [0, 0.1) is 5.41 Å². The molecule has 4 rings (SSSR count). The minimum Gasteiger partial charge on any atom is -0.337 e. The lowest BCUT2D eigenvalue weighted by Gasteiger charge is -2.49. The van der Waals surface area contributed by atoms with Gasteiger partial charge in [0.1, 0.15) is 0 Å². The molecule has 256 valence electrons. The van der Waals surface area contributed by atoms with E-state index in [1.165, 1.54) is 231 Å². The summed E-state index contributed by atoms with van der Waals surface area (Å²) in [6, 6.07) is 2.37. The van der Waals surface area contributed by atoms with Crippen molar-refractivity contribution in [2.24, 2.45) is 0 Å². The molecule has 3 heteroatoms. The Labute approximate surface area is 276 Å². The summed E-state index contributed by atoms with van der Waals surface area (Å²) in [5.74, 6) is 1.03. The summed E-state index contributed by atoms with van der Waals surface area (Å²) in [6.07, 6.45) is 50.3. The first-order chi connectivity index (χ1) is 21.8. The molecule has 4 fully saturated rings. The molecule has 0 aliphatic heterocycles. The summed E-state index contributed by atoms with van der Waals surface area (Å²) < 4.78 is 0. The van der Waals surface area contributed by atoms with Gasteiger partial charge in [-0.25, -0.2) is 0 Å². The molecule has 3 nitrogen and oxygen atoms in total. The number of hydrogen-bond donors (Lipinski definition) is 1. The van der Waals surface area contributed by atoms with Gasteiger partial charge in [0.05, 0.1) is 0 Å². The molecule has 0 bridgehead atoms. The van der Waals surface area contributed by atoms with Crippen LogP contribution in [0.2, 0.25) is 0 Å². The van der Waals surface area contributed by atoms with Crippen LogP contribution < -0.4 is 0 Å². The van der Waals surface area contributed by atoms with Gasteiger partial charge in [0.25, 0.3) is 0 Å². The highest BCUT2D eigenvalue weighted by Crippen LogP contribution is 2.33. The van der Waals surface area contributed by atoms with Crippen LogP contribution in [-0.4, -0.2) is 39.9 Å². The van der Waals surface area contributed by atoms with Crippen molar-refractivity contribution in [2.45, 2.75) is 255 Å². The Bertz CT molecular complexity index is 571. The maximum atomic E-state index is 10.5. The van der Waals surface area contributed by atoms with Crippen molar-refractivity contribution >= 4 is 5.96 Å². The van der Waals surface area contributed by atoms with Gasteiger partial charge in [-0.15, -0.1) is 0 Å². The molecule has 0 aromatic carbocycles. The number of rotatable bonds is 4. The van der Waals surface area contributed by atoms with Crippen LogP contribution in [-0.2, 0) is 0 Å². The third-order valence-electron chi connectivity index (χ3n) is 12.4. The van der Waals surface area contributed by atoms with E-state index in [1.54, 1.807) is 0 Å². The van der Waals surface area contributed by atoms with Crippen LogP contribution in [0.25, 0.3) is 0 Å². The lowest BCUT2D eigenvalue weighted by molar-refractivity contribution is 0.108. The Hall–Kier alpha value is -0.730. The molecule has 44 heavy (non-hydrogen) atoms. The van der Waals surface area contributed by atoms with Crippen LogP contribution in [0.3, 0.4) is 0 Å². The predicted octanol–water partition coefficient (Wildman–Crippen LogP) is 13.1. The van der Waals surface area contributed by atoms with Gasteiger partial charge in [-0.2, -0.15) is 0 Å². The molecule has 0 atom stereocenters. The molecular weight excluding hydrogens is 534 g/mol. The zero-order chi connectivity index (χ0) is 30.5. The first-order valence-electron chi connectivity index (χ1n) is 21.0. The maximum absolute atomic E-state index is 10.5. The molecule has 0 saturated heterocycles. The molecular formula is C41H77N3. The van der Waals surface area contributed by atoms with Crippen LogP contribution in [0.5, 0.6) is 0 Å². The summed E-state index contributed by atoms with van der Waals surface area (Å²) in [5, 5.41) is 10.5. The molecule has 0 heterocycles. The first kappa shape index (κ1) is 36.1. The van der Waals surface area contributed by atoms with Crippen molar-refractivity contribution in [3.05, 3.63) is 0 Å². The van der Waals surface area contributed by atoms with Crippen molar-refractivity contribution in [2.75, 3.05) is 0 Å². The maximum Gasteiger partial charge on any atom is 0.194 e. The Kier molecular flexibility index (Phi) is 18.7. The fourth-order valence-corrected chi connectivity index (χ4v) is 9.69. The second-order valence-electron chi connectivity index (χ2n) is 16.0. The van der Waals surface area contributed by atoms with E-state index < -0.39 is 0 Å². The third-order valence-corrected chi connectivity index (χ3v) is 12.4. The van der Waals surface area contributed by atoms with E-state index in [0.717, 1.165) is 5.96 Å². The summed E-state index contributed by atoms with van der Waals surface area (Å²) in [4.78, 5) is 5.78. The summed E-state index contributed by atoms with van der Waals surface area (Å²) >= 11 is 0. The van der Waals surface area contributed by atoms with E-state index in [1.807, 2.05) is 0 Å². The highest BCUT2D eigenvalue weighted by Gasteiger charge is 2.36. The van der Waals surface area contributed by atoms with Crippen LogP contribution in [0.4, 0.5) is 0 Å². The van der Waals surface area contributed by atoms with E-state index in [-0.39, 0.29) is 0 Å². The van der Waals surface area contributed by atoms with E-state index in [2.05, 4.69) is 9.80 Å². The quantitative estimate of drug-likeness (QED) is 0.253. The standard InChI is InChI=1S/C41H77N3/c42-41(43(37-29-21-13-5-1-6-14-22-30-37)38-31-23-15-7-2-8-16-24-32-38)44(39-33-25-17-9-3-10-18-26-34-39)40-35-27-19-11-4-12-20-28-36-40/h37-40,42H,1-36H2. The van der Waals surface area contributed by atoms with E-state index in [0.29, 0.717) is 24.2 Å². The van der Waals surface area contributed by atoms with Gasteiger partial charge in [-0.3, -0.25) is 5.41 Å². The Morgan fingerprint density at radius 2 is 0.386 bits per heavy atom. The van der Waals surface area contributed by atoms with Gasteiger partial charge >= 0.3 is 0 Å². The lowest BCUT2D eigenvalue weighted by atomic mass is 9.90. The van der Waals surface area contributed by atoms with Gasteiger partial charge in [0.15, 0.2) is 5.96 Å². The minimum atomic E-state index is 0.593. The highest BCUT2D eigenvalue weighted by molar-refractivity contribution is 5.78. The van der Waals surface area contributed by atoms with Gasteiger partial charge < -0.3 is 9.80 Å². The fourth-order valence-electron chi connectivity index (χ4n) is 9.69. The molecule has 0 amide bonds. The molecule has 0 aromatic rings. The SMILES string of the molecule is N=C(N(C1CCCCCCCCC1)C1CCCCCCCCC1)N(C1CCCCCCCCC1)C1CCCCCCCCC1. The van der Waals surface area contributed by atoms with E-state index >= 15 is 0 Å². The topological polar surface area (TPSA) is 30.3 Å². The molecule has 4 aliphatic rings. The highest BCUT2D eigenvalue weighted by atomic mass is 15.4. The fraction of sp³-hybridized carbons (Fsp3) is 0.976. The number of hydrogen-bond acceptors (Lipinski definition) is 1. The molecule has 0 unspecified atom stereocenters. The Morgan fingerprint density at radius 3 is 0.545 bits per heavy atom. The van der Waals surface area contributed by atoms with E-state index in [4.69, 9.17) is 0 Å². The lowest BCUT2D eigenvalue weighted by Crippen LogP contribution is -2.59. The largest absolute Gasteiger partial charge is 0.337 e. The monoisotopic (exact) mass is 612 g/mol. The van der Waals surface area contributed by atoms with Gasteiger partial charge in [-0.1, -0.05) is 180 Å². The third kappa shape index (κ3) is 13.2. The van der Waals surface area contributed by atoms with Crippen LogP contribution in [0.15, 0.2) is 0 Å². The molecule has 4 saturated carbocycles. The zero-order valence-electron chi connectivity index (χ0n) is 29.7. The molecule has 0 aromatic heterocycles. The summed E-state index contributed by atoms with van der Waals surface area (Å²) in [7, 11) is 0. The molecule has 1 N–H and O–H groups in total. The second kappa shape index (κ2) is 22.7. The van der Waals surface area contributed by atoms with Crippen molar-refractivity contribution in [1.82, 2.24) is 9.80 Å². The normalized spacial score (nSPS) is 25.8. The van der Waals surface area contributed by atoms with E-state index in [9.17, 15) is 5.41 Å². The zero-order valence-corrected chi connectivity index (χ0v) is 29.7. The smallest absolute Gasteiger partial charge is 0.194 e. The van der Waals surface area contributed by atoms with Crippen molar-refractivity contribution in [3.8, 4) is 0 Å². The Balaban J connectivity index is 1.66. The number of nitrogens with zero attached hydrogens (tertiary/aromatic N) is 2. The second-order valence-corrected chi connectivity index (χ2v) is 16.0. The molecule has 0 radical (unpaired) electrons. The Morgan fingerprint density at radius 1 is 0.250 bits per heavy atom. The molecule has 0 spiro atoms. The predicted molar refractivity (Wildman–Crippen MR) is 193 cm³/mol. The van der Waals surface area contributed by atoms with Crippen molar-refractivity contribution in [1.29, 1.82) is 5.41 Å². The van der Waals surface area contributed by atoms with Crippen LogP contribution >= 0.6 is 0 Å². The van der Waals surface area contributed by atoms with Crippen molar-refractivity contribution in [3.63, 3.8) is 0 Å². The summed E-state index contributed by atoms with van der Waals surface area (Å²) in [6.45, 7) is 0. The summed E-state index contributed by atoms with van der Waals surface area (Å²) in [5.41, 5.74) is 0. The number of nitrogens with one attached hydrogen (secondary N) is 1. The van der Waals surface area contributed by atoms with Gasteiger partial charge in [-0.05, 0) is 51.4 Å².